The van der Waals surface area contributed by atoms with E-state index in [1.54, 1.807) is 11.3 Å². The second-order valence-electron chi connectivity index (χ2n) is 5.62. The van der Waals surface area contributed by atoms with Crippen LogP contribution >= 0.6 is 11.3 Å². The molecule has 3 N–H and O–H groups in total. The lowest BCUT2D eigenvalue weighted by molar-refractivity contribution is -0.120. The maximum Gasteiger partial charge on any atom is 0.318 e. The van der Waals surface area contributed by atoms with E-state index in [-0.39, 0.29) is 12.1 Å². The molecule has 0 fully saturated rings. The molecule has 8 heteroatoms. The van der Waals surface area contributed by atoms with Crippen LogP contribution in [0.15, 0.2) is 11.1 Å². The number of hydrogen-bond acceptors (Lipinski definition) is 5. The van der Waals surface area contributed by atoms with E-state index in [1.807, 2.05) is 5.32 Å². The highest BCUT2D eigenvalue weighted by Crippen LogP contribution is 2.35. The maximum absolute atomic E-state index is 12.6. The number of aryl methyl sites for hydroxylation is 1. The second kappa shape index (κ2) is 5.53. The topological polar surface area (TPSA) is 107 Å². The smallest absolute Gasteiger partial charge is 0.318 e. The zero-order valence-electron chi connectivity index (χ0n) is 12.1. The van der Waals surface area contributed by atoms with Gasteiger partial charge in [-0.05, 0) is 30.7 Å². The molecular formula is C14H16N4O3S. The monoisotopic (exact) mass is 320 g/mol. The Hall–Kier alpha value is -2.22. The molecule has 2 aromatic heterocycles. The van der Waals surface area contributed by atoms with Crippen molar-refractivity contribution in [2.24, 2.45) is 11.7 Å². The molecule has 2 heterocycles. The summed E-state index contributed by atoms with van der Waals surface area (Å²) in [6, 6.07) is -0.936. The molecule has 0 aromatic carbocycles. The summed E-state index contributed by atoms with van der Waals surface area (Å²) in [5, 5.41) is 2.56. The number of hydrogen-bond donors (Lipinski definition) is 2. The van der Waals surface area contributed by atoms with Gasteiger partial charge in [-0.25, -0.2) is 9.78 Å². The number of carbonyl (C=O) groups is 2. The SMILES string of the molecule is C[C@H]1CCc2c(sc3ncn(CC(=O)NC(N)=O)c(=O)c23)C1. The molecule has 22 heavy (non-hydrogen) atoms. The minimum absolute atomic E-state index is 0.239. The van der Waals surface area contributed by atoms with Gasteiger partial charge in [0.15, 0.2) is 0 Å². The summed E-state index contributed by atoms with van der Waals surface area (Å²) in [6.07, 6.45) is 4.23. The Balaban J connectivity index is 2.01. The molecule has 0 radical (unpaired) electrons. The summed E-state index contributed by atoms with van der Waals surface area (Å²) in [6.45, 7) is 1.93. The third-order valence-electron chi connectivity index (χ3n) is 3.86. The quantitative estimate of drug-likeness (QED) is 0.852. The number of aromatic nitrogens is 2. The van der Waals surface area contributed by atoms with Crippen molar-refractivity contribution in [1.82, 2.24) is 14.9 Å². The average molecular weight is 320 g/mol. The highest BCUT2D eigenvalue weighted by atomic mass is 32.1. The first-order valence-corrected chi connectivity index (χ1v) is 7.86. The van der Waals surface area contributed by atoms with E-state index in [0.717, 1.165) is 29.7 Å². The number of thiophene rings is 1. The molecule has 0 spiro atoms. The second-order valence-corrected chi connectivity index (χ2v) is 6.71. The highest BCUT2D eigenvalue weighted by molar-refractivity contribution is 7.18. The Bertz CT molecular complexity index is 823. The maximum atomic E-state index is 12.6. The number of urea groups is 1. The van der Waals surface area contributed by atoms with Crippen molar-refractivity contribution < 1.29 is 9.59 Å². The van der Waals surface area contributed by atoms with Gasteiger partial charge >= 0.3 is 6.03 Å². The summed E-state index contributed by atoms with van der Waals surface area (Å²) >= 11 is 1.56. The van der Waals surface area contributed by atoms with Gasteiger partial charge in [0, 0.05) is 4.88 Å². The van der Waals surface area contributed by atoms with E-state index < -0.39 is 11.9 Å². The van der Waals surface area contributed by atoms with Gasteiger partial charge in [-0.15, -0.1) is 11.3 Å². The molecular weight excluding hydrogens is 304 g/mol. The molecule has 0 saturated carbocycles. The zero-order chi connectivity index (χ0) is 15.9. The summed E-state index contributed by atoms with van der Waals surface area (Å²) < 4.78 is 1.21. The van der Waals surface area contributed by atoms with Crippen LogP contribution < -0.4 is 16.6 Å². The predicted octanol–water partition coefficient (Wildman–Crippen LogP) is 0.778. The molecule has 7 nitrogen and oxygen atoms in total. The largest absolute Gasteiger partial charge is 0.351 e. The van der Waals surface area contributed by atoms with Crippen LogP contribution in [-0.2, 0) is 24.2 Å². The first-order chi connectivity index (χ1) is 10.5. The molecule has 0 unspecified atom stereocenters. The number of carbonyl (C=O) groups excluding carboxylic acids is 2. The lowest BCUT2D eigenvalue weighted by Gasteiger charge is -2.17. The van der Waals surface area contributed by atoms with Crippen LogP contribution in [0.25, 0.3) is 10.2 Å². The molecule has 116 valence electrons. The van der Waals surface area contributed by atoms with Gasteiger partial charge in [-0.1, -0.05) is 6.92 Å². The lowest BCUT2D eigenvalue weighted by atomic mass is 9.89. The molecule has 1 atom stereocenters. The normalized spacial score (nSPS) is 17.2. The third-order valence-corrected chi connectivity index (χ3v) is 5.02. The highest BCUT2D eigenvalue weighted by Gasteiger charge is 2.23. The Morgan fingerprint density at radius 3 is 3.05 bits per heavy atom. The third kappa shape index (κ3) is 2.61. The number of nitrogens with two attached hydrogens (primary N) is 1. The molecule has 0 bridgehead atoms. The van der Waals surface area contributed by atoms with Gasteiger partial charge in [0.1, 0.15) is 11.4 Å². The fourth-order valence-electron chi connectivity index (χ4n) is 2.81. The van der Waals surface area contributed by atoms with Crippen molar-refractivity contribution in [3.8, 4) is 0 Å². The van der Waals surface area contributed by atoms with E-state index >= 15 is 0 Å². The Morgan fingerprint density at radius 1 is 1.55 bits per heavy atom. The van der Waals surface area contributed by atoms with Crippen LogP contribution in [0.1, 0.15) is 23.8 Å². The fourth-order valence-corrected chi connectivity index (χ4v) is 4.15. The fraction of sp³-hybridized carbons (Fsp3) is 0.429. The van der Waals surface area contributed by atoms with Gasteiger partial charge in [-0.2, -0.15) is 0 Å². The van der Waals surface area contributed by atoms with E-state index in [0.29, 0.717) is 11.3 Å². The molecule has 3 amide bonds. The number of fused-ring (bicyclic) bond motifs is 3. The van der Waals surface area contributed by atoms with Crippen molar-refractivity contribution in [2.75, 3.05) is 0 Å². The van der Waals surface area contributed by atoms with Crippen LogP contribution in [0.5, 0.6) is 0 Å². The van der Waals surface area contributed by atoms with Crippen LogP contribution in [0.2, 0.25) is 0 Å². The number of amides is 3. The molecule has 0 aliphatic heterocycles. The number of nitrogens with one attached hydrogen (secondary N) is 1. The van der Waals surface area contributed by atoms with Gasteiger partial charge in [0.25, 0.3) is 5.56 Å². The van der Waals surface area contributed by atoms with Gasteiger partial charge in [-0.3, -0.25) is 19.5 Å². The van der Waals surface area contributed by atoms with E-state index in [9.17, 15) is 14.4 Å². The summed E-state index contributed by atoms with van der Waals surface area (Å²) in [5.74, 6) is -0.0161. The van der Waals surface area contributed by atoms with Crippen molar-refractivity contribution in [3.63, 3.8) is 0 Å². The van der Waals surface area contributed by atoms with E-state index in [1.165, 1.54) is 15.8 Å². The first-order valence-electron chi connectivity index (χ1n) is 7.04. The number of rotatable bonds is 2. The van der Waals surface area contributed by atoms with Gasteiger partial charge < -0.3 is 5.73 Å². The van der Waals surface area contributed by atoms with E-state index in [2.05, 4.69) is 11.9 Å². The first kappa shape index (κ1) is 14.7. The summed E-state index contributed by atoms with van der Waals surface area (Å²) in [4.78, 5) is 41.1. The van der Waals surface area contributed by atoms with Crippen molar-refractivity contribution in [3.05, 3.63) is 27.1 Å². The summed E-state index contributed by atoms with van der Waals surface area (Å²) in [5.41, 5.74) is 5.72. The Kier molecular flexibility index (Phi) is 3.69. The molecule has 2 aromatic rings. The summed E-state index contributed by atoms with van der Waals surface area (Å²) in [7, 11) is 0. The predicted molar refractivity (Wildman–Crippen MR) is 82.8 cm³/mol. The van der Waals surface area contributed by atoms with Crippen LogP contribution in [-0.4, -0.2) is 21.5 Å². The van der Waals surface area contributed by atoms with Crippen molar-refractivity contribution in [2.45, 2.75) is 32.7 Å². The molecule has 1 aliphatic carbocycles. The standard InChI is InChI=1S/C14H16N4O3S/c1-7-2-3-8-9(4-7)22-12-11(8)13(20)18(6-16-12)5-10(19)17-14(15)21/h6-7H,2-5H2,1H3,(H3,15,17,19,21)/t7-/m0/s1. The zero-order valence-corrected chi connectivity index (χ0v) is 12.9. The number of nitrogens with zero attached hydrogens (tertiary/aromatic N) is 2. The molecule has 3 rings (SSSR count). The molecule has 0 saturated heterocycles. The number of primary amides is 1. The van der Waals surface area contributed by atoms with Crippen molar-refractivity contribution >= 4 is 33.5 Å². The van der Waals surface area contributed by atoms with E-state index in [4.69, 9.17) is 5.73 Å². The Labute approximate surface area is 130 Å². The lowest BCUT2D eigenvalue weighted by Crippen LogP contribution is -2.39. The van der Waals surface area contributed by atoms with Crippen LogP contribution in [0.4, 0.5) is 4.79 Å². The number of imide groups is 1. The minimum atomic E-state index is -0.936. The van der Waals surface area contributed by atoms with Crippen LogP contribution in [0, 0.1) is 5.92 Å². The average Bonchev–Trinajstić information content (AvgIpc) is 2.79. The van der Waals surface area contributed by atoms with Crippen LogP contribution in [0.3, 0.4) is 0 Å². The minimum Gasteiger partial charge on any atom is -0.351 e. The van der Waals surface area contributed by atoms with Gasteiger partial charge in [0.2, 0.25) is 5.91 Å². The van der Waals surface area contributed by atoms with Gasteiger partial charge in [0.05, 0.1) is 11.7 Å². The Morgan fingerprint density at radius 2 is 2.32 bits per heavy atom. The van der Waals surface area contributed by atoms with Crippen molar-refractivity contribution in [1.29, 1.82) is 0 Å². The molecule has 1 aliphatic rings.